The van der Waals surface area contributed by atoms with Crippen molar-refractivity contribution in [2.75, 3.05) is 6.61 Å². The summed E-state index contributed by atoms with van der Waals surface area (Å²) >= 11 is 11.9. The van der Waals surface area contributed by atoms with Gasteiger partial charge in [-0.05, 0) is 25.8 Å². The maximum absolute atomic E-state index is 12.5. The van der Waals surface area contributed by atoms with Crippen molar-refractivity contribution in [1.82, 2.24) is 10.6 Å². The van der Waals surface area contributed by atoms with E-state index in [2.05, 4.69) is 10.6 Å². The number of halogens is 2. The molecule has 26 heavy (non-hydrogen) atoms. The lowest BCUT2D eigenvalue weighted by Crippen LogP contribution is -2.46. The lowest BCUT2D eigenvalue weighted by Gasteiger charge is -2.30. The molecule has 0 saturated carbocycles. The summed E-state index contributed by atoms with van der Waals surface area (Å²) < 4.78 is 5.12. The van der Waals surface area contributed by atoms with Gasteiger partial charge in [-0.1, -0.05) is 36.5 Å². The third-order valence-electron chi connectivity index (χ3n) is 3.94. The highest BCUT2D eigenvalue weighted by Gasteiger charge is 2.36. The van der Waals surface area contributed by atoms with Crippen molar-refractivity contribution in [2.45, 2.75) is 39.2 Å². The number of rotatable bonds is 6. The van der Waals surface area contributed by atoms with Gasteiger partial charge in [0, 0.05) is 11.3 Å². The van der Waals surface area contributed by atoms with Crippen LogP contribution in [0.1, 0.15) is 44.7 Å². The zero-order valence-corrected chi connectivity index (χ0v) is 15.9. The lowest BCUT2D eigenvalue weighted by molar-refractivity contribution is -0.139. The maximum atomic E-state index is 12.5. The molecule has 2 rings (SSSR count). The molecule has 0 fully saturated rings. The summed E-state index contributed by atoms with van der Waals surface area (Å²) in [5, 5.41) is 24.8. The monoisotopic (exact) mass is 402 g/mol. The van der Waals surface area contributed by atoms with Crippen molar-refractivity contribution in [3.8, 4) is 11.5 Å². The zero-order chi connectivity index (χ0) is 19.4. The van der Waals surface area contributed by atoms with Gasteiger partial charge in [0.15, 0.2) is 5.75 Å². The average Bonchev–Trinajstić information content (AvgIpc) is 2.60. The number of amides is 2. The molecule has 1 heterocycles. The number of carbonyl (C=O) groups excluding carboxylic acids is 2. The third kappa shape index (κ3) is 3.99. The van der Waals surface area contributed by atoms with E-state index < -0.39 is 29.5 Å². The Kier molecular flexibility index (Phi) is 6.61. The molecule has 1 unspecified atom stereocenters. The fourth-order valence-electron chi connectivity index (χ4n) is 2.69. The highest BCUT2D eigenvalue weighted by Crippen LogP contribution is 2.45. The number of phenolic OH excluding ortho intramolecular Hbond substituents is 2. The average molecular weight is 403 g/mol. The molecule has 1 aliphatic heterocycles. The van der Waals surface area contributed by atoms with E-state index in [0.717, 1.165) is 12.8 Å². The molecule has 0 bridgehead atoms. The number of benzene rings is 1. The van der Waals surface area contributed by atoms with Crippen LogP contribution in [0, 0.1) is 0 Å². The summed E-state index contributed by atoms with van der Waals surface area (Å²) in [7, 11) is 0. The van der Waals surface area contributed by atoms with E-state index in [4.69, 9.17) is 27.9 Å². The van der Waals surface area contributed by atoms with Crippen LogP contribution < -0.4 is 10.6 Å². The van der Waals surface area contributed by atoms with Gasteiger partial charge in [-0.3, -0.25) is 0 Å². The molecule has 0 spiro atoms. The third-order valence-corrected chi connectivity index (χ3v) is 4.58. The van der Waals surface area contributed by atoms with Gasteiger partial charge < -0.3 is 25.6 Å². The number of ether oxygens (including phenoxy) is 1. The summed E-state index contributed by atoms with van der Waals surface area (Å²) in [6.07, 6.45) is 2.05. The number of aromatic hydroxyl groups is 2. The topological polar surface area (TPSA) is 108 Å². The number of hydrogen-bond donors (Lipinski definition) is 4. The number of carbonyl (C=O) groups is 2. The predicted octanol–water partition coefficient (Wildman–Crippen LogP) is 3.77. The van der Waals surface area contributed by atoms with E-state index in [1.165, 1.54) is 6.07 Å². The van der Waals surface area contributed by atoms with E-state index >= 15 is 0 Å². The standard InChI is InChI=1S/C17H20Cl2N2O5/c1-3-5-6-10-11(16(24)26-4-2)13(21-17(25)20-10)8-7-9(18)15(23)12(19)14(8)22/h7,13,22-23H,3-6H2,1-2H3,(H2,20,21,25). The molecule has 4 N–H and O–H groups in total. The van der Waals surface area contributed by atoms with Crippen LogP contribution in [0.4, 0.5) is 4.79 Å². The van der Waals surface area contributed by atoms with Gasteiger partial charge in [0.05, 0.1) is 23.2 Å². The normalized spacial score (nSPS) is 16.9. The minimum absolute atomic E-state index is 0.0877. The summed E-state index contributed by atoms with van der Waals surface area (Å²) in [5.74, 6) is -1.59. The Labute approximate surface area is 160 Å². The van der Waals surface area contributed by atoms with Crippen LogP contribution >= 0.6 is 23.2 Å². The van der Waals surface area contributed by atoms with Gasteiger partial charge in [0.2, 0.25) is 0 Å². The van der Waals surface area contributed by atoms with Crippen molar-refractivity contribution < 1.29 is 24.5 Å². The number of urea groups is 1. The van der Waals surface area contributed by atoms with Crippen LogP contribution in [-0.4, -0.2) is 28.8 Å². The molecule has 0 aliphatic carbocycles. The summed E-state index contributed by atoms with van der Waals surface area (Å²) in [6, 6.07) is -0.301. The second-order valence-corrected chi connectivity index (χ2v) is 6.49. The largest absolute Gasteiger partial charge is 0.506 e. The molecular formula is C17H20Cl2N2O5. The second kappa shape index (κ2) is 8.51. The van der Waals surface area contributed by atoms with Crippen molar-refractivity contribution in [1.29, 1.82) is 0 Å². The minimum Gasteiger partial charge on any atom is -0.506 e. The number of esters is 1. The molecule has 0 aromatic heterocycles. The second-order valence-electron chi connectivity index (χ2n) is 5.71. The minimum atomic E-state index is -1.02. The van der Waals surface area contributed by atoms with Crippen molar-refractivity contribution in [2.24, 2.45) is 0 Å². The molecule has 0 saturated heterocycles. The van der Waals surface area contributed by atoms with Gasteiger partial charge in [-0.25, -0.2) is 9.59 Å². The highest BCUT2D eigenvalue weighted by atomic mass is 35.5. The van der Waals surface area contributed by atoms with Crippen LogP contribution in [0.15, 0.2) is 17.3 Å². The van der Waals surface area contributed by atoms with Gasteiger partial charge in [0.25, 0.3) is 0 Å². The van der Waals surface area contributed by atoms with E-state index in [0.29, 0.717) is 12.1 Å². The molecule has 7 nitrogen and oxygen atoms in total. The molecular weight excluding hydrogens is 383 g/mol. The van der Waals surface area contributed by atoms with Gasteiger partial charge in [-0.15, -0.1) is 0 Å². The Morgan fingerprint density at radius 3 is 2.58 bits per heavy atom. The summed E-state index contributed by atoms with van der Waals surface area (Å²) in [5.41, 5.74) is 0.663. The Balaban J connectivity index is 2.63. The molecule has 1 aromatic carbocycles. The smallest absolute Gasteiger partial charge is 0.338 e. The Bertz CT molecular complexity index is 764. The fraction of sp³-hybridized carbons (Fsp3) is 0.412. The number of phenols is 2. The molecule has 9 heteroatoms. The van der Waals surface area contributed by atoms with E-state index in [1.54, 1.807) is 6.92 Å². The summed E-state index contributed by atoms with van der Waals surface area (Å²) in [4.78, 5) is 24.6. The SMILES string of the molecule is CCCCC1=C(C(=O)OCC)C(c2cc(Cl)c(O)c(Cl)c2O)NC(=O)N1. The first-order valence-electron chi connectivity index (χ1n) is 8.19. The molecule has 1 aliphatic rings. The van der Waals surface area contributed by atoms with Crippen molar-refractivity contribution >= 4 is 35.2 Å². The molecule has 1 aromatic rings. The van der Waals surface area contributed by atoms with E-state index in [1.807, 2.05) is 6.92 Å². The van der Waals surface area contributed by atoms with Gasteiger partial charge in [-0.2, -0.15) is 0 Å². The molecule has 1 atom stereocenters. The van der Waals surface area contributed by atoms with Crippen LogP contribution in [-0.2, 0) is 9.53 Å². The first-order chi connectivity index (χ1) is 12.3. The molecule has 142 valence electrons. The number of hydrogen-bond acceptors (Lipinski definition) is 5. The predicted molar refractivity (Wildman–Crippen MR) is 97.4 cm³/mol. The van der Waals surface area contributed by atoms with Crippen molar-refractivity contribution in [3.63, 3.8) is 0 Å². The number of nitrogens with one attached hydrogen (secondary N) is 2. The van der Waals surface area contributed by atoms with Crippen LogP contribution in [0.3, 0.4) is 0 Å². The van der Waals surface area contributed by atoms with E-state index in [9.17, 15) is 19.8 Å². The maximum Gasteiger partial charge on any atom is 0.338 e. The van der Waals surface area contributed by atoms with Crippen LogP contribution in [0.5, 0.6) is 11.5 Å². The van der Waals surface area contributed by atoms with Crippen LogP contribution in [0.25, 0.3) is 0 Å². The first-order valence-corrected chi connectivity index (χ1v) is 8.94. The number of unbranched alkanes of at least 4 members (excludes halogenated alkanes) is 1. The van der Waals surface area contributed by atoms with Gasteiger partial charge in [0.1, 0.15) is 10.8 Å². The summed E-state index contributed by atoms with van der Waals surface area (Å²) in [6.45, 7) is 3.79. The lowest BCUT2D eigenvalue weighted by atomic mass is 9.92. The molecule has 2 amide bonds. The fourth-order valence-corrected chi connectivity index (χ4v) is 3.16. The van der Waals surface area contributed by atoms with Crippen molar-refractivity contribution in [3.05, 3.63) is 32.9 Å². The zero-order valence-electron chi connectivity index (χ0n) is 14.4. The highest BCUT2D eigenvalue weighted by molar-refractivity contribution is 6.38. The Hall–Kier alpha value is -2.12. The van der Waals surface area contributed by atoms with Crippen LogP contribution in [0.2, 0.25) is 10.0 Å². The molecule has 0 radical (unpaired) electrons. The van der Waals surface area contributed by atoms with Gasteiger partial charge >= 0.3 is 12.0 Å². The first kappa shape index (κ1) is 20.2. The van der Waals surface area contributed by atoms with E-state index in [-0.39, 0.29) is 27.8 Å². The Morgan fingerprint density at radius 2 is 1.96 bits per heavy atom. The quantitative estimate of drug-likeness (QED) is 0.541. The Morgan fingerprint density at radius 1 is 1.27 bits per heavy atom. The number of allylic oxidation sites excluding steroid dienone is 1.